The first-order chi connectivity index (χ1) is 7.59. The number of anilines is 4. The van der Waals surface area contributed by atoms with E-state index in [0.717, 1.165) is 11.4 Å². The van der Waals surface area contributed by atoms with Crippen LogP contribution in [0.3, 0.4) is 0 Å². The summed E-state index contributed by atoms with van der Waals surface area (Å²) in [6.07, 6.45) is 0. The van der Waals surface area contributed by atoms with E-state index in [-0.39, 0.29) is 12.4 Å². The molecule has 0 atom stereocenters. The summed E-state index contributed by atoms with van der Waals surface area (Å²) in [4.78, 5) is 0. The third-order valence-electron chi connectivity index (χ3n) is 1.93. The molecule has 0 saturated carbocycles. The van der Waals surface area contributed by atoms with Gasteiger partial charge in [0.25, 0.3) is 0 Å². The van der Waals surface area contributed by atoms with E-state index < -0.39 is 0 Å². The Kier molecular flexibility index (Phi) is 6.36. The zero-order valence-electron chi connectivity index (χ0n) is 9.34. The maximum Gasteiger partial charge on any atom is 0.0547 e. The van der Waals surface area contributed by atoms with E-state index in [1.54, 1.807) is 36.4 Å². The highest BCUT2D eigenvalue weighted by molar-refractivity contribution is 5.85. The number of benzene rings is 2. The van der Waals surface area contributed by atoms with Crippen LogP contribution in [0.1, 0.15) is 0 Å². The molecular weight excluding hydrogens is 236 g/mol. The predicted molar refractivity (Wildman–Crippen MR) is 77.8 cm³/mol. The van der Waals surface area contributed by atoms with Crippen molar-refractivity contribution >= 4 is 35.2 Å². The van der Waals surface area contributed by atoms with Crippen molar-refractivity contribution in [3.63, 3.8) is 0 Å². The summed E-state index contributed by atoms with van der Waals surface area (Å²) in [6.45, 7) is 0. The van der Waals surface area contributed by atoms with Crippen LogP contribution >= 0.6 is 12.4 Å². The highest BCUT2D eigenvalue weighted by Gasteiger charge is 1.85. The molecule has 0 saturated heterocycles. The van der Waals surface area contributed by atoms with Gasteiger partial charge in [-0.2, -0.15) is 0 Å². The van der Waals surface area contributed by atoms with Crippen LogP contribution in [-0.4, -0.2) is 0 Å². The maximum absolute atomic E-state index is 5.39. The highest BCUT2D eigenvalue weighted by Crippen LogP contribution is 2.10. The number of rotatable bonds is 0. The average Bonchev–Trinajstić information content (AvgIpc) is 2.28. The molecule has 0 fully saturated rings. The first kappa shape index (κ1) is 14.9. The Hall–Kier alpha value is -2.07. The molecule has 5 heteroatoms. The second-order valence-electron chi connectivity index (χ2n) is 3.30. The predicted octanol–water partition coefficient (Wildman–Crippen LogP) is 2.12. The van der Waals surface area contributed by atoms with Crippen molar-refractivity contribution in [1.29, 1.82) is 0 Å². The molecule has 0 unspecified atom stereocenters. The Morgan fingerprint density at radius 2 is 0.824 bits per heavy atom. The molecule has 2 rings (SSSR count). The molecular formula is C12H17ClN4. The van der Waals surface area contributed by atoms with Gasteiger partial charge < -0.3 is 22.9 Å². The van der Waals surface area contributed by atoms with E-state index in [2.05, 4.69) is 0 Å². The van der Waals surface area contributed by atoms with Crippen LogP contribution in [0.2, 0.25) is 0 Å². The van der Waals surface area contributed by atoms with Gasteiger partial charge in [-0.05, 0) is 36.4 Å². The fourth-order valence-corrected chi connectivity index (χ4v) is 1.01. The number of para-hydroxylation sites is 2. The van der Waals surface area contributed by atoms with E-state index in [9.17, 15) is 0 Å². The van der Waals surface area contributed by atoms with E-state index in [1.807, 2.05) is 12.1 Å². The number of nitrogens with two attached hydrogens (primary N) is 4. The fourth-order valence-electron chi connectivity index (χ4n) is 1.01. The number of hydrogen-bond donors (Lipinski definition) is 4. The van der Waals surface area contributed by atoms with Gasteiger partial charge in [-0.1, -0.05) is 12.1 Å². The molecule has 17 heavy (non-hydrogen) atoms. The minimum absolute atomic E-state index is 0. The first-order valence-electron chi connectivity index (χ1n) is 4.80. The Morgan fingerprint density at radius 1 is 0.529 bits per heavy atom. The van der Waals surface area contributed by atoms with Gasteiger partial charge in [-0.15, -0.1) is 12.4 Å². The van der Waals surface area contributed by atoms with Gasteiger partial charge in [-0.3, -0.25) is 0 Å². The van der Waals surface area contributed by atoms with E-state index in [0.29, 0.717) is 11.4 Å². The van der Waals surface area contributed by atoms with Crippen molar-refractivity contribution in [2.75, 3.05) is 22.9 Å². The second kappa shape index (κ2) is 7.24. The lowest BCUT2D eigenvalue weighted by Crippen LogP contribution is -1.91. The maximum atomic E-state index is 5.39. The molecule has 2 aromatic carbocycles. The molecule has 0 radical (unpaired) electrons. The Labute approximate surface area is 107 Å². The van der Waals surface area contributed by atoms with Crippen LogP contribution in [0, 0.1) is 0 Å². The highest BCUT2D eigenvalue weighted by atomic mass is 35.5. The third-order valence-corrected chi connectivity index (χ3v) is 1.93. The Bertz CT molecular complexity index is 401. The molecule has 0 aliphatic rings. The van der Waals surface area contributed by atoms with Crippen LogP contribution in [0.4, 0.5) is 22.7 Å². The summed E-state index contributed by atoms with van der Waals surface area (Å²) in [7, 11) is 0. The summed E-state index contributed by atoms with van der Waals surface area (Å²) in [5, 5.41) is 0. The van der Waals surface area contributed by atoms with Crippen LogP contribution in [-0.2, 0) is 0 Å². The molecule has 0 aromatic heterocycles. The lowest BCUT2D eigenvalue weighted by molar-refractivity contribution is 1.67. The largest absolute Gasteiger partial charge is 0.399 e. The van der Waals surface area contributed by atoms with E-state index >= 15 is 0 Å². The topological polar surface area (TPSA) is 104 Å². The molecule has 8 N–H and O–H groups in total. The van der Waals surface area contributed by atoms with Gasteiger partial charge in [-0.25, -0.2) is 0 Å². The minimum Gasteiger partial charge on any atom is -0.399 e. The van der Waals surface area contributed by atoms with Crippen LogP contribution in [0.5, 0.6) is 0 Å². The monoisotopic (exact) mass is 252 g/mol. The van der Waals surface area contributed by atoms with Gasteiger partial charge in [0.05, 0.1) is 11.4 Å². The van der Waals surface area contributed by atoms with Crippen LogP contribution in [0.15, 0.2) is 48.5 Å². The van der Waals surface area contributed by atoms with Crippen molar-refractivity contribution < 1.29 is 0 Å². The minimum atomic E-state index is 0. The van der Waals surface area contributed by atoms with Crippen molar-refractivity contribution in [2.45, 2.75) is 0 Å². The van der Waals surface area contributed by atoms with E-state index in [4.69, 9.17) is 22.9 Å². The van der Waals surface area contributed by atoms with Gasteiger partial charge in [0.1, 0.15) is 0 Å². The molecule has 0 aliphatic carbocycles. The lowest BCUT2D eigenvalue weighted by atomic mass is 10.3. The molecule has 0 heterocycles. The van der Waals surface area contributed by atoms with Crippen LogP contribution < -0.4 is 22.9 Å². The lowest BCUT2D eigenvalue weighted by Gasteiger charge is -1.94. The number of nitrogen functional groups attached to an aromatic ring is 4. The van der Waals surface area contributed by atoms with Crippen molar-refractivity contribution in [1.82, 2.24) is 0 Å². The zero-order valence-corrected chi connectivity index (χ0v) is 10.2. The Balaban J connectivity index is 0.000000284. The average molecular weight is 253 g/mol. The van der Waals surface area contributed by atoms with E-state index in [1.165, 1.54) is 0 Å². The fraction of sp³-hybridized carbons (Fsp3) is 0. The first-order valence-corrected chi connectivity index (χ1v) is 4.80. The quantitative estimate of drug-likeness (QED) is 0.539. The number of hydrogen-bond acceptors (Lipinski definition) is 4. The summed E-state index contributed by atoms with van der Waals surface area (Å²) in [5.41, 5.74) is 24.3. The van der Waals surface area contributed by atoms with Crippen molar-refractivity contribution in [2.24, 2.45) is 0 Å². The molecule has 0 aliphatic heterocycles. The van der Waals surface area contributed by atoms with Gasteiger partial charge >= 0.3 is 0 Å². The summed E-state index contributed by atoms with van der Waals surface area (Å²) < 4.78 is 0. The molecule has 4 nitrogen and oxygen atoms in total. The molecule has 0 bridgehead atoms. The summed E-state index contributed by atoms with van der Waals surface area (Å²) in [6, 6.07) is 14.3. The SMILES string of the molecule is Cl.Nc1ccc(N)cc1.Nc1ccccc1N. The van der Waals surface area contributed by atoms with Crippen LogP contribution in [0.25, 0.3) is 0 Å². The van der Waals surface area contributed by atoms with Crippen molar-refractivity contribution in [3.8, 4) is 0 Å². The normalized spacial score (nSPS) is 8.47. The standard InChI is InChI=1S/2C6H8N2.ClH/c7-5-1-2-6(8)4-3-5;7-5-3-1-2-4-6(5)8;/h2*1-4H,7-8H2;1H. The number of halogens is 1. The smallest absolute Gasteiger partial charge is 0.0547 e. The molecule has 0 spiro atoms. The zero-order chi connectivity index (χ0) is 12.0. The van der Waals surface area contributed by atoms with Gasteiger partial charge in [0, 0.05) is 11.4 Å². The third kappa shape index (κ3) is 5.53. The molecule has 2 aromatic rings. The van der Waals surface area contributed by atoms with Gasteiger partial charge in [0.15, 0.2) is 0 Å². The van der Waals surface area contributed by atoms with Crippen molar-refractivity contribution in [3.05, 3.63) is 48.5 Å². The molecule has 0 amide bonds. The van der Waals surface area contributed by atoms with Gasteiger partial charge in [0.2, 0.25) is 0 Å². The summed E-state index contributed by atoms with van der Waals surface area (Å²) >= 11 is 0. The second-order valence-corrected chi connectivity index (χ2v) is 3.30. The summed E-state index contributed by atoms with van der Waals surface area (Å²) in [5.74, 6) is 0. The Morgan fingerprint density at radius 3 is 1.06 bits per heavy atom. The molecule has 92 valence electrons.